The molecule has 0 saturated heterocycles. The normalized spacial score (nSPS) is 14.1. The predicted molar refractivity (Wildman–Crippen MR) is 101 cm³/mol. The number of alkyl halides is 3. The second kappa shape index (κ2) is 8.82. The van der Waals surface area contributed by atoms with E-state index in [0.717, 1.165) is 18.2 Å². The van der Waals surface area contributed by atoms with Gasteiger partial charge in [0.2, 0.25) is 0 Å². The minimum Gasteiger partial charge on any atom is -0.448 e. The van der Waals surface area contributed by atoms with Gasteiger partial charge in [0, 0.05) is 6.08 Å². The molecule has 3 rings (SSSR count). The van der Waals surface area contributed by atoms with Gasteiger partial charge in [-0.3, -0.25) is 14.5 Å². The largest absolute Gasteiger partial charge is 0.448 e. The maximum Gasteiger partial charge on any atom is 0.416 e. The number of hydrogen-bond acceptors (Lipinski definition) is 5. The third-order valence-corrected chi connectivity index (χ3v) is 4.92. The van der Waals surface area contributed by atoms with Crippen molar-refractivity contribution in [1.82, 2.24) is 4.90 Å². The number of amides is 2. The minimum absolute atomic E-state index is 0.00712. The first-order chi connectivity index (χ1) is 14.9. The molecular weight excluding hydrogens is 514 g/mol. The van der Waals surface area contributed by atoms with Crippen LogP contribution in [0.4, 0.5) is 32.0 Å². The van der Waals surface area contributed by atoms with Crippen LogP contribution in [-0.2, 0) is 15.8 Å². The fourth-order valence-electron chi connectivity index (χ4n) is 2.71. The number of aliphatic hydroxyl groups excluding tert-OH is 1. The number of anilines is 1. The maximum atomic E-state index is 14.2. The number of hydrogen-bond donors (Lipinski definition) is 2. The number of nitrogens with one attached hydrogen (secondary N) is 1. The van der Waals surface area contributed by atoms with E-state index in [0.29, 0.717) is 4.90 Å². The molecule has 170 valence electrons. The summed E-state index contributed by atoms with van der Waals surface area (Å²) in [7, 11) is 0. The molecule has 1 heterocycles. The van der Waals surface area contributed by atoms with E-state index in [9.17, 15) is 35.9 Å². The van der Waals surface area contributed by atoms with Crippen LogP contribution in [0.25, 0.3) is 0 Å². The molecule has 0 atom stereocenters. The van der Waals surface area contributed by atoms with Crippen molar-refractivity contribution in [3.05, 3.63) is 63.5 Å². The fraction of sp³-hybridized carbons (Fsp3) is 0.158. The summed E-state index contributed by atoms with van der Waals surface area (Å²) in [4.78, 5) is 24.8. The molecule has 0 fully saturated rings. The van der Waals surface area contributed by atoms with Crippen molar-refractivity contribution >= 4 is 33.4 Å². The SMILES string of the molecule is O=C1C=C(Nc2ccc(F)c(Br)c2Oc2c(F)cc(C(F)(F)F)cc2F)C(=O)N1CCO. The van der Waals surface area contributed by atoms with Gasteiger partial charge in [0.05, 0.1) is 28.9 Å². The zero-order valence-corrected chi connectivity index (χ0v) is 17.2. The third kappa shape index (κ3) is 4.58. The molecule has 0 aromatic heterocycles. The number of imide groups is 1. The van der Waals surface area contributed by atoms with Gasteiger partial charge in [0.15, 0.2) is 23.1 Å². The van der Waals surface area contributed by atoms with E-state index in [1.165, 1.54) is 0 Å². The van der Waals surface area contributed by atoms with Crippen LogP contribution in [0.15, 0.2) is 40.5 Å². The second-order valence-electron chi connectivity index (χ2n) is 6.31. The number of β-amino-alcohol motifs (C(OH)–C–C–N with tert-alkyl or cyclic N) is 1. The van der Waals surface area contributed by atoms with Crippen LogP contribution in [0.1, 0.15) is 5.56 Å². The zero-order chi connectivity index (χ0) is 23.8. The summed E-state index contributed by atoms with van der Waals surface area (Å²) in [6.07, 6.45) is -4.15. The number of carbonyl (C=O) groups excluding carboxylic acids is 2. The van der Waals surface area contributed by atoms with Gasteiger partial charge in [-0.15, -0.1) is 0 Å². The number of rotatable bonds is 6. The molecule has 2 N–H and O–H groups in total. The highest BCUT2D eigenvalue weighted by Gasteiger charge is 2.34. The molecule has 0 unspecified atom stereocenters. The van der Waals surface area contributed by atoms with Crippen LogP contribution in [0.3, 0.4) is 0 Å². The summed E-state index contributed by atoms with van der Waals surface area (Å²) in [6.45, 7) is -0.792. The van der Waals surface area contributed by atoms with E-state index >= 15 is 0 Å². The Morgan fingerprint density at radius 3 is 2.22 bits per heavy atom. The Bertz CT molecular complexity index is 1110. The van der Waals surface area contributed by atoms with Gasteiger partial charge < -0.3 is 15.2 Å². The van der Waals surface area contributed by atoms with Crippen LogP contribution in [-0.4, -0.2) is 35.0 Å². The molecule has 1 aliphatic heterocycles. The van der Waals surface area contributed by atoms with E-state index < -0.39 is 63.6 Å². The fourth-order valence-corrected chi connectivity index (χ4v) is 3.14. The van der Waals surface area contributed by atoms with E-state index in [-0.39, 0.29) is 30.1 Å². The monoisotopic (exact) mass is 524 g/mol. The van der Waals surface area contributed by atoms with Gasteiger partial charge in [0.25, 0.3) is 11.8 Å². The van der Waals surface area contributed by atoms with Crippen molar-refractivity contribution in [1.29, 1.82) is 0 Å². The molecule has 2 amide bonds. The van der Waals surface area contributed by atoms with Crippen LogP contribution >= 0.6 is 15.9 Å². The summed E-state index contributed by atoms with van der Waals surface area (Å²) >= 11 is 2.82. The van der Waals surface area contributed by atoms with E-state index in [1.54, 1.807) is 0 Å². The average molecular weight is 525 g/mol. The first kappa shape index (κ1) is 23.6. The molecule has 0 aliphatic carbocycles. The second-order valence-corrected chi connectivity index (χ2v) is 7.10. The number of carbonyl (C=O) groups is 2. The summed E-state index contributed by atoms with van der Waals surface area (Å²) in [6, 6.07) is 1.93. The molecular formula is C19H11BrF6N2O4. The molecule has 0 bridgehead atoms. The van der Waals surface area contributed by atoms with Gasteiger partial charge in [0.1, 0.15) is 11.5 Å². The summed E-state index contributed by atoms with van der Waals surface area (Å²) in [5, 5.41) is 11.4. The van der Waals surface area contributed by atoms with Crippen LogP contribution < -0.4 is 10.1 Å². The maximum absolute atomic E-state index is 14.2. The molecule has 1 aliphatic rings. The highest BCUT2D eigenvalue weighted by molar-refractivity contribution is 9.10. The predicted octanol–water partition coefficient (Wildman–Crippen LogP) is 4.33. The van der Waals surface area contributed by atoms with E-state index in [2.05, 4.69) is 21.2 Å². The smallest absolute Gasteiger partial charge is 0.416 e. The first-order valence-electron chi connectivity index (χ1n) is 8.61. The van der Waals surface area contributed by atoms with Gasteiger partial charge in [-0.25, -0.2) is 13.2 Å². The van der Waals surface area contributed by atoms with Crippen molar-refractivity contribution in [3.8, 4) is 11.5 Å². The molecule has 0 saturated carbocycles. The first-order valence-corrected chi connectivity index (χ1v) is 9.40. The molecule has 0 radical (unpaired) electrons. The standard InChI is InChI=1S/C19H11BrF6N2O4/c20-15-9(21)1-2-12(27-13-7-14(30)28(3-4-29)18(13)31)17(15)32-16-10(22)5-8(6-11(16)23)19(24,25)26/h1-2,5-7,27,29H,3-4H2. The lowest BCUT2D eigenvalue weighted by molar-refractivity contribution is -0.138. The zero-order valence-electron chi connectivity index (χ0n) is 15.6. The molecule has 13 heteroatoms. The van der Waals surface area contributed by atoms with Crippen LogP contribution in [0.2, 0.25) is 0 Å². The number of halogens is 7. The Kier molecular flexibility index (Phi) is 6.51. The number of benzene rings is 2. The van der Waals surface area contributed by atoms with Crippen molar-refractivity contribution in [2.24, 2.45) is 0 Å². The Balaban J connectivity index is 1.99. The molecule has 2 aromatic rings. The van der Waals surface area contributed by atoms with Gasteiger partial charge in [-0.05, 0) is 40.2 Å². The van der Waals surface area contributed by atoms with Crippen LogP contribution in [0.5, 0.6) is 11.5 Å². The molecule has 2 aromatic carbocycles. The van der Waals surface area contributed by atoms with E-state index in [1.807, 2.05) is 0 Å². The van der Waals surface area contributed by atoms with Gasteiger partial charge in [-0.1, -0.05) is 0 Å². The lowest BCUT2D eigenvalue weighted by Gasteiger charge is -2.17. The number of ether oxygens (including phenoxy) is 1. The Labute approximate surface area is 184 Å². The van der Waals surface area contributed by atoms with Crippen molar-refractivity contribution in [2.75, 3.05) is 18.5 Å². The Hall–Kier alpha value is -3.06. The Morgan fingerprint density at radius 2 is 1.66 bits per heavy atom. The third-order valence-electron chi connectivity index (χ3n) is 4.18. The average Bonchev–Trinajstić information content (AvgIpc) is 2.96. The molecule has 6 nitrogen and oxygen atoms in total. The van der Waals surface area contributed by atoms with Gasteiger partial charge in [-0.2, -0.15) is 13.2 Å². The summed E-state index contributed by atoms with van der Waals surface area (Å²) in [5.41, 5.74) is -2.16. The lowest BCUT2D eigenvalue weighted by Crippen LogP contribution is -2.34. The minimum atomic E-state index is -5.02. The van der Waals surface area contributed by atoms with Gasteiger partial charge >= 0.3 is 6.18 Å². The summed E-state index contributed by atoms with van der Waals surface area (Å²) < 4.78 is 85.3. The van der Waals surface area contributed by atoms with Crippen LogP contribution in [0, 0.1) is 17.5 Å². The van der Waals surface area contributed by atoms with E-state index in [4.69, 9.17) is 9.84 Å². The quantitative estimate of drug-likeness (QED) is 0.434. The summed E-state index contributed by atoms with van der Waals surface area (Å²) in [5.74, 6) is -7.83. The molecule has 0 spiro atoms. The van der Waals surface area contributed by atoms with Crippen molar-refractivity contribution in [2.45, 2.75) is 6.18 Å². The van der Waals surface area contributed by atoms with Crippen molar-refractivity contribution < 1.29 is 45.8 Å². The highest BCUT2D eigenvalue weighted by Crippen LogP contribution is 2.42. The number of nitrogens with zero attached hydrogens (tertiary/aromatic N) is 1. The highest BCUT2D eigenvalue weighted by atomic mass is 79.9. The topological polar surface area (TPSA) is 78.9 Å². The lowest BCUT2D eigenvalue weighted by atomic mass is 10.2. The Morgan fingerprint density at radius 1 is 1.03 bits per heavy atom. The molecule has 32 heavy (non-hydrogen) atoms. The van der Waals surface area contributed by atoms with Crippen molar-refractivity contribution in [3.63, 3.8) is 0 Å². The number of aliphatic hydroxyl groups is 1.